The van der Waals surface area contributed by atoms with Gasteiger partial charge >= 0.3 is 13.0 Å². The van der Waals surface area contributed by atoms with E-state index in [-0.39, 0.29) is 11.3 Å². The number of ether oxygens (including phenoxy) is 1. The van der Waals surface area contributed by atoms with Gasteiger partial charge in [-0.1, -0.05) is 42.2 Å². The molecule has 2 aliphatic rings. The van der Waals surface area contributed by atoms with E-state index in [1.54, 1.807) is 26.0 Å². The molecule has 3 aromatic rings. The van der Waals surface area contributed by atoms with Gasteiger partial charge in [0.2, 0.25) is 0 Å². The Labute approximate surface area is 213 Å². The Kier molecular flexibility index (Phi) is 5.82. The highest BCUT2D eigenvalue weighted by Gasteiger charge is 2.57. The van der Waals surface area contributed by atoms with Crippen molar-refractivity contribution < 1.29 is 17.9 Å². The summed E-state index contributed by atoms with van der Waals surface area (Å²) in [5.41, 5.74) is 7.05. The molecule has 7 nitrogen and oxygen atoms in total. The molecule has 0 N–H and O–H groups in total. The summed E-state index contributed by atoms with van der Waals surface area (Å²) >= 11 is 5.72. The molecule has 0 fully saturated rings. The van der Waals surface area contributed by atoms with E-state index < -0.39 is 6.97 Å². The molecule has 0 bridgehead atoms. The first-order chi connectivity index (χ1) is 17.1. The number of rotatable bonds is 5. The fourth-order valence-electron chi connectivity index (χ4n) is 5.84. The Hall–Kier alpha value is -3.40. The Bertz CT molecular complexity index is 1510. The van der Waals surface area contributed by atoms with Crippen LogP contribution in [0.3, 0.4) is 0 Å². The largest absolute Gasteiger partial charge is 0.737 e. The Morgan fingerprint density at radius 2 is 1.67 bits per heavy atom. The van der Waals surface area contributed by atoms with E-state index in [9.17, 15) is 0 Å². The molecule has 0 spiro atoms. The van der Waals surface area contributed by atoms with Gasteiger partial charge in [-0.3, -0.25) is 0 Å². The Morgan fingerprint density at radius 3 is 2.31 bits per heavy atom. The lowest BCUT2D eigenvalue weighted by molar-refractivity contribution is -0.363. The molecule has 0 radical (unpaired) electrons. The first kappa shape index (κ1) is 24.3. The lowest BCUT2D eigenvalue weighted by Crippen LogP contribution is -2.51. The summed E-state index contributed by atoms with van der Waals surface area (Å²) in [6, 6.07) is 7.20. The number of benzene rings is 1. The van der Waals surface area contributed by atoms with Crippen molar-refractivity contribution in [2.24, 2.45) is 0 Å². The van der Waals surface area contributed by atoms with Crippen molar-refractivity contribution in [1.29, 1.82) is 0 Å². The van der Waals surface area contributed by atoms with Crippen molar-refractivity contribution in [1.82, 2.24) is 24.9 Å². The van der Waals surface area contributed by atoms with Crippen LogP contribution in [0.25, 0.3) is 5.57 Å². The molecule has 0 unspecified atom stereocenters. The van der Waals surface area contributed by atoms with E-state index in [1.165, 1.54) is 8.96 Å². The summed E-state index contributed by atoms with van der Waals surface area (Å²) in [7, 11) is 0. The van der Waals surface area contributed by atoms with Crippen molar-refractivity contribution in [2.75, 3.05) is 0 Å². The SMILES string of the molecule is CCC1=C(C)C2=C(c3ccccc3Oc3nnc(Cl)nn3)c3c(C)c(CC)c(C)n3[B-](F)(F)[N+]2=C1C. The number of nitrogens with zero attached hydrogens (tertiary/aromatic N) is 6. The standard InChI is InChI=1S/C25H26BClF2N6O/c1-7-17-13(3)22-21(19-11-9-10-12-20(19)36-25-32-30-24(27)31-33-25)23-14(4)18(8-2)16(6)35(23)26(28,29)34(22)15(17)5/h9-12H,7-8H2,1-6H3. The van der Waals surface area contributed by atoms with E-state index >= 15 is 8.63 Å². The maximum atomic E-state index is 16.4. The molecule has 0 aliphatic carbocycles. The van der Waals surface area contributed by atoms with Crippen molar-refractivity contribution in [3.05, 3.63) is 74.5 Å². The first-order valence-electron chi connectivity index (χ1n) is 11.9. The lowest BCUT2D eigenvalue weighted by atomic mass is 9.83. The zero-order valence-corrected chi connectivity index (χ0v) is 21.8. The highest BCUT2D eigenvalue weighted by atomic mass is 35.5. The van der Waals surface area contributed by atoms with Gasteiger partial charge in [0.05, 0.1) is 5.57 Å². The second kappa shape index (κ2) is 8.62. The van der Waals surface area contributed by atoms with Gasteiger partial charge in [0.25, 0.3) is 5.28 Å². The van der Waals surface area contributed by atoms with Crippen LogP contribution in [0.1, 0.15) is 62.2 Å². The minimum Gasteiger partial charge on any atom is -0.421 e. The summed E-state index contributed by atoms with van der Waals surface area (Å²) in [5, 5.41) is 15.0. The topological polar surface area (TPSA) is 68.7 Å². The molecule has 2 aliphatic heterocycles. The second-order valence-corrected chi connectivity index (χ2v) is 9.37. The van der Waals surface area contributed by atoms with Crippen LogP contribution in [0.5, 0.6) is 11.8 Å². The normalized spacial score (nSPS) is 16.6. The van der Waals surface area contributed by atoms with Gasteiger partial charge in [-0.15, -0.1) is 10.2 Å². The predicted octanol–water partition coefficient (Wildman–Crippen LogP) is 5.90. The smallest absolute Gasteiger partial charge is 0.421 e. The molecule has 186 valence electrons. The maximum absolute atomic E-state index is 16.4. The van der Waals surface area contributed by atoms with Gasteiger partial charge in [0.1, 0.15) is 11.5 Å². The van der Waals surface area contributed by atoms with E-state index in [4.69, 9.17) is 16.3 Å². The molecule has 4 heterocycles. The number of allylic oxidation sites excluding steroid dienone is 2. The molecule has 5 rings (SSSR count). The molecular weight excluding hydrogens is 485 g/mol. The third-order valence-electron chi connectivity index (χ3n) is 7.29. The van der Waals surface area contributed by atoms with E-state index in [0.717, 1.165) is 22.3 Å². The monoisotopic (exact) mass is 510 g/mol. The number of hydrogen-bond acceptors (Lipinski definition) is 5. The molecule has 0 atom stereocenters. The summed E-state index contributed by atoms with van der Waals surface area (Å²) in [4.78, 5) is 0. The van der Waals surface area contributed by atoms with E-state index in [0.29, 0.717) is 52.5 Å². The predicted molar refractivity (Wildman–Crippen MR) is 136 cm³/mol. The fourth-order valence-corrected chi connectivity index (χ4v) is 5.92. The van der Waals surface area contributed by atoms with E-state index in [1.807, 2.05) is 39.8 Å². The quantitative estimate of drug-likeness (QED) is 0.400. The van der Waals surface area contributed by atoms with Gasteiger partial charge < -0.3 is 22.3 Å². The van der Waals surface area contributed by atoms with Crippen LogP contribution in [-0.2, 0) is 6.42 Å². The fraction of sp³-hybridized carbons (Fsp3) is 0.320. The number of aromatic nitrogens is 5. The maximum Gasteiger partial charge on any atom is 0.737 e. The summed E-state index contributed by atoms with van der Waals surface area (Å²) in [6.45, 7) is 7.28. The van der Waals surface area contributed by atoms with Crippen LogP contribution < -0.4 is 4.74 Å². The second-order valence-electron chi connectivity index (χ2n) is 9.04. The molecule has 11 heteroatoms. The Morgan fingerprint density at radius 1 is 1.00 bits per heavy atom. The average Bonchev–Trinajstić information content (AvgIpc) is 3.26. The Balaban J connectivity index is 1.87. The van der Waals surface area contributed by atoms with Crippen molar-refractivity contribution in [3.63, 3.8) is 0 Å². The van der Waals surface area contributed by atoms with Gasteiger partial charge in [0, 0.05) is 29.3 Å². The van der Waals surface area contributed by atoms with Crippen LogP contribution >= 0.6 is 11.6 Å². The van der Waals surface area contributed by atoms with Gasteiger partial charge in [-0.05, 0) is 68.1 Å². The molecule has 36 heavy (non-hydrogen) atoms. The minimum atomic E-state index is -4.11. The van der Waals surface area contributed by atoms with Gasteiger partial charge in [-0.25, -0.2) is 0 Å². The lowest BCUT2D eigenvalue weighted by Gasteiger charge is -2.34. The summed E-state index contributed by atoms with van der Waals surface area (Å²) in [5.74, 6) is 0.404. The van der Waals surface area contributed by atoms with Crippen LogP contribution in [0, 0.1) is 13.8 Å². The van der Waals surface area contributed by atoms with Crippen LogP contribution in [0.2, 0.25) is 5.28 Å². The van der Waals surface area contributed by atoms with E-state index in [2.05, 4.69) is 20.4 Å². The van der Waals surface area contributed by atoms with Crippen molar-refractivity contribution >= 4 is 29.9 Å². The third-order valence-corrected chi connectivity index (χ3v) is 7.44. The first-order valence-corrected chi connectivity index (χ1v) is 12.3. The minimum absolute atomic E-state index is 0.0899. The zero-order valence-electron chi connectivity index (χ0n) is 21.0. The van der Waals surface area contributed by atoms with Gasteiger partial charge in [0.15, 0.2) is 5.70 Å². The molecule has 1 aromatic carbocycles. The average molecular weight is 511 g/mol. The number of fused-ring (bicyclic) bond motifs is 2. The highest BCUT2D eigenvalue weighted by Crippen LogP contribution is 2.48. The molecule has 2 aromatic heterocycles. The molecule has 0 amide bonds. The zero-order chi connectivity index (χ0) is 25.9. The molecule has 0 saturated heterocycles. The summed E-state index contributed by atoms with van der Waals surface area (Å²) < 4.78 is 41.3. The number of halogens is 3. The molecule has 0 saturated carbocycles. The summed E-state index contributed by atoms with van der Waals surface area (Å²) in [6.07, 6.45) is 1.30. The van der Waals surface area contributed by atoms with Crippen LogP contribution in [0.15, 0.2) is 41.1 Å². The third kappa shape index (κ3) is 3.34. The number of hydrogen-bond donors (Lipinski definition) is 0. The highest BCUT2D eigenvalue weighted by molar-refractivity contribution is 6.58. The van der Waals surface area contributed by atoms with Crippen LogP contribution in [-0.4, -0.2) is 42.0 Å². The van der Waals surface area contributed by atoms with Crippen molar-refractivity contribution in [2.45, 2.75) is 54.4 Å². The number of para-hydroxylation sites is 1. The van der Waals surface area contributed by atoms with Crippen molar-refractivity contribution in [3.8, 4) is 11.8 Å². The van der Waals surface area contributed by atoms with Crippen LogP contribution in [0.4, 0.5) is 8.63 Å². The molecular formula is C25H26BClF2N6O. The van der Waals surface area contributed by atoms with Gasteiger partial charge in [-0.2, -0.15) is 0 Å².